The predicted octanol–water partition coefficient (Wildman–Crippen LogP) is 1.40. The van der Waals surface area contributed by atoms with Crippen molar-refractivity contribution in [2.24, 2.45) is 0 Å². The number of sulfone groups is 1. The zero-order chi connectivity index (χ0) is 22.2. The molecule has 30 heavy (non-hydrogen) atoms. The van der Waals surface area contributed by atoms with Gasteiger partial charge in [0, 0.05) is 18.7 Å². The number of unbranched alkanes of at least 4 members (excludes halogenated alkanes) is 1. The lowest BCUT2D eigenvalue weighted by Gasteiger charge is -2.33. The smallest absolute Gasteiger partial charge is 0.282 e. The Hall–Kier alpha value is -2.82. The summed E-state index contributed by atoms with van der Waals surface area (Å²) in [4.78, 5) is 51.6. The van der Waals surface area contributed by atoms with E-state index in [1.807, 2.05) is 6.92 Å². The Morgan fingerprint density at radius 1 is 1.33 bits per heavy atom. The van der Waals surface area contributed by atoms with Crippen LogP contribution in [-0.2, 0) is 14.6 Å². The maximum absolute atomic E-state index is 13.2. The van der Waals surface area contributed by atoms with Crippen molar-refractivity contribution in [1.82, 2.24) is 9.80 Å². The highest BCUT2D eigenvalue weighted by molar-refractivity contribution is 7.91. The van der Waals surface area contributed by atoms with E-state index in [1.54, 1.807) is 0 Å². The molecule has 2 unspecified atom stereocenters. The number of hydrogen-bond acceptors (Lipinski definition) is 7. The number of hydrogen-bond donors (Lipinski definition) is 0. The van der Waals surface area contributed by atoms with Gasteiger partial charge in [0.1, 0.15) is 11.6 Å². The number of fused-ring (bicyclic) bond motifs is 1. The molecule has 2 aliphatic rings. The van der Waals surface area contributed by atoms with Crippen molar-refractivity contribution >= 4 is 33.2 Å². The molecule has 0 spiro atoms. The molecule has 1 aromatic carbocycles. The van der Waals surface area contributed by atoms with Gasteiger partial charge in [0.25, 0.3) is 17.5 Å². The molecule has 0 saturated carbocycles. The maximum atomic E-state index is 13.2. The summed E-state index contributed by atoms with van der Waals surface area (Å²) >= 11 is 0. The maximum Gasteiger partial charge on any atom is 0.282 e. The second kappa shape index (κ2) is 8.13. The molecule has 11 heteroatoms. The van der Waals surface area contributed by atoms with Gasteiger partial charge in [-0.3, -0.25) is 29.4 Å². The van der Waals surface area contributed by atoms with E-state index in [0.717, 1.165) is 17.4 Å². The summed E-state index contributed by atoms with van der Waals surface area (Å²) in [5, 5.41) is 11.3. The Balaban J connectivity index is 1.90. The van der Waals surface area contributed by atoms with Gasteiger partial charge >= 0.3 is 0 Å². The zero-order valence-electron chi connectivity index (χ0n) is 16.7. The van der Waals surface area contributed by atoms with E-state index in [9.17, 15) is 32.9 Å². The predicted molar refractivity (Wildman–Crippen MR) is 107 cm³/mol. The molecule has 10 nitrogen and oxygen atoms in total. The Morgan fingerprint density at radius 3 is 2.60 bits per heavy atom. The van der Waals surface area contributed by atoms with E-state index in [2.05, 4.69) is 0 Å². The minimum Gasteiger partial charge on any atom is -0.337 e. The van der Waals surface area contributed by atoms with E-state index in [0.29, 0.717) is 19.4 Å². The summed E-state index contributed by atoms with van der Waals surface area (Å²) < 4.78 is 23.8. The van der Waals surface area contributed by atoms with Crippen LogP contribution >= 0.6 is 0 Å². The minimum atomic E-state index is -3.24. The third-order valence-corrected chi connectivity index (χ3v) is 7.30. The molecule has 3 rings (SSSR count). The first-order chi connectivity index (χ1) is 14.1. The molecule has 1 saturated heterocycles. The summed E-state index contributed by atoms with van der Waals surface area (Å²) in [5.41, 5.74) is -0.925. The van der Waals surface area contributed by atoms with E-state index in [4.69, 9.17) is 0 Å². The second-order valence-electron chi connectivity index (χ2n) is 7.56. The summed E-state index contributed by atoms with van der Waals surface area (Å²) in [6, 6.07) is 2.04. The Morgan fingerprint density at radius 2 is 2.03 bits per heavy atom. The number of carbonyl (C=O) groups is 3. The van der Waals surface area contributed by atoms with Gasteiger partial charge in [0.15, 0.2) is 9.84 Å². The van der Waals surface area contributed by atoms with Crippen molar-refractivity contribution in [2.75, 3.05) is 18.1 Å². The number of benzene rings is 1. The van der Waals surface area contributed by atoms with Crippen molar-refractivity contribution in [3.63, 3.8) is 0 Å². The highest BCUT2D eigenvalue weighted by Crippen LogP contribution is 2.32. The molecular weight excluding hydrogens is 414 g/mol. The molecule has 162 valence electrons. The average Bonchev–Trinajstić information content (AvgIpc) is 3.18. The Labute approximate surface area is 173 Å². The fraction of sp³-hybridized carbons (Fsp3) is 0.526. The number of imide groups is 1. The largest absolute Gasteiger partial charge is 0.337 e. The van der Waals surface area contributed by atoms with Crippen LogP contribution in [0.4, 0.5) is 5.69 Å². The summed E-state index contributed by atoms with van der Waals surface area (Å²) in [7, 11) is -3.24. The molecule has 0 radical (unpaired) electrons. The average molecular weight is 437 g/mol. The first kappa shape index (κ1) is 21.9. The molecule has 3 amide bonds. The fourth-order valence-corrected chi connectivity index (χ4v) is 5.69. The number of carbonyl (C=O) groups excluding carboxylic acids is 3. The van der Waals surface area contributed by atoms with Crippen LogP contribution in [-0.4, -0.2) is 71.0 Å². The highest BCUT2D eigenvalue weighted by atomic mass is 32.2. The van der Waals surface area contributed by atoms with Gasteiger partial charge in [-0.1, -0.05) is 19.4 Å². The first-order valence-corrected chi connectivity index (χ1v) is 11.6. The standard InChI is InChI=1S/C19H23N3O7S/c1-3-4-9-20(13-8-10-30(28,29)11-13)17(23)12(2)21-18(24)14-6-5-7-15(22(26)27)16(14)19(21)25/h5-7,12-13H,3-4,8-11H2,1-2H3. The zero-order valence-corrected chi connectivity index (χ0v) is 17.6. The monoisotopic (exact) mass is 437 g/mol. The van der Waals surface area contributed by atoms with Gasteiger partial charge in [-0.2, -0.15) is 0 Å². The number of rotatable bonds is 7. The van der Waals surface area contributed by atoms with Crippen LogP contribution in [0.2, 0.25) is 0 Å². The lowest BCUT2D eigenvalue weighted by molar-refractivity contribution is -0.385. The molecule has 0 aliphatic carbocycles. The Kier molecular flexibility index (Phi) is 5.93. The van der Waals surface area contributed by atoms with Crippen LogP contribution in [0.5, 0.6) is 0 Å². The van der Waals surface area contributed by atoms with Crippen molar-refractivity contribution in [1.29, 1.82) is 0 Å². The summed E-state index contributed by atoms with van der Waals surface area (Å²) in [6.45, 7) is 3.63. The van der Waals surface area contributed by atoms with Crippen molar-refractivity contribution in [3.8, 4) is 0 Å². The van der Waals surface area contributed by atoms with E-state index in [1.165, 1.54) is 24.0 Å². The lowest BCUT2D eigenvalue weighted by atomic mass is 10.1. The van der Waals surface area contributed by atoms with Gasteiger partial charge in [0.05, 0.1) is 22.0 Å². The van der Waals surface area contributed by atoms with Gasteiger partial charge in [-0.25, -0.2) is 8.42 Å². The normalized spacial score (nSPS) is 20.9. The molecule has 0 aromatic heterocycles. The Bertz CT molecular complexity index is 1020. The van der Waals surface area contributed by atoms with Crippen LogP contribution in [0.25, 0.3) is 0 Å². The first-order valence-electron chi connectivity index (χ1n) is 9.75. The fourth-order valence-electron chi connectivity index (χ4n) is 3.96. The summed E-state index contributed by atoms with van der Waals surface area (Å²) in [5.74, 6) is -2.36. The van der Waals surface area contributed by atoms with E-state index in [-0.39, 0.29) is 22.6 Å². The molecular formula is C19H23N3O7S. The van der Waals surface area contributed by atoms with E-state index >= 15 is 0 Å². The molecule has 2 heterocycles. The number of amides is 3. The van der Waals surface area contributed by atoms with Crippen LogP contribution in [0.15, 0.2) is 18.2 Å². The van der Waals surface area contributed by atoms with Gasteiger partial charge in [-0.05, 0) is 25.8 Å². The number of nitro groups is 1. The van der Waals surface area contributed by atoms with Crippen molar-refractivity contribution in [3.05, 3.63) is 39.4 Å². The van der Waals surface area contributed by atoms with Crippen LogP contribution in [0.3, 0.4) is 0 Å². The molecule has 2 aliphatic heterocycles. The molecule has 0 bridgehead atoms. The van der Waals surface area contributed by atoms with Crippen LogP contribution in [0.1, 0.15) is 53.8 Å². The molecule has 1 fully saturated rings. The number of nitro benzene ring substituents is 1. The SMILES string of the molecule is CCCCN(C(=O)C(C)N1C(=O)c2cccc([N+](=O)[O-])c2C1=O)C1CCS(=O)(=O)C1. The van der Waals surface area contributed by atoms with Crippen LogP contribution in [0, 0.1) is 10.1 Å². The minimum absolute atomic E-state index is 0.0127. The highest BCUT2D eigenvalue weighted by Gasteiger charge is 2.46. The lowest BCUT2D eigenvalue weighted by Crippen LogP contribution is -2.53. The molecule has 0 N–H and O–H groups in total. The third-order valence-electron chi connectivity index (χ3n) is 5.55. The van der Waals surface area contributed by atoms with Crippen molar-refractivity contribution in [2.45, 2.75) is 45.2 Å². The topological polar surface area (TPSA) is 135 Å². The van der Waals surface area contributed by atoms with Gasteiger partial charge in [-0.15, -0.1) is 0 Å². The third kappa shape index (κ3) is 3.81. The van der Waals surface area contributed by atoms with E-state index < -0.39 is 50.3 Å². The van der Waals surface area contributed by atoms with Crippen LogP contribution < -0.4 is 0 Å². The van der Waals surface area contributed by atoms with Gasteiger partial charge < -0.3 is 4.90 Å². The number of nitrogens with zero attached hydrogens (tertiary/aromatic N) is 3. The summed E-state index contributed by atoms with van der Waals surface area (Å²) in [6.07, 6.45) is 1.72. The molecule has 2 atom stereocenters. The second-order valence-corrected chi connectivity index (χ2v) is 9.78. The molecule has 1 aromatic rings. The quantitative estimate of drug-likeness (QED) is 0.357. The van der Waals surface area contributed by atoms with Gasteiger partial charge in [0.2, 0.25) is 5.91 Å². The van der Waals surface area contributed by atoms with Crippen molar-refractivity contribution < 1.29 is 27.7 Å².